The minimum absolute atomic E-state index is 0.542. The van der Waals surface area contributed by atoms with Crippen molar-refractivity contribution in [1.29, 1.82) is 0 Å². The number of carbonyl (C=O) groups excluding carboxylic acids is 1. The average Bonchev–Trinajstić information content (AvgIpc) is 2.86. The molecule has 2 aromatic rings. The summed E-state index contributed by atoms with van der Waals surface area (Å²) in [7, 11) is 4.99. The molecule has 0 saturated carbocycles. The Hall–Kier alpha value is -2.30. The summed E-state index contributed by atoms with van der Waals surface area (Å²) in [6.07, 6.45) is 3.53. The number of ether oxygens (including phenoxy) is 2. The van der Waals surface area contributed by atoms with Crippen molar-refractivity contribution in [2.75, 3.05) is 14.2 Å². The molecule has 20 heavy (non-hydrogen) atoms. The van der Waals surface area contributed by atoms with E-state index in [-0.39, 0.29) is 0 Å². The first-order valence-electron chi connectivity index (χ1n) is 6.38. The lowest BCUT2D eigenvalue weighted by molar-refractivity contribution is 0.112. The SMILES string of the molecule is CCc1nn(C)cc1-c1cc(OC)c(OC)cc1C=O. The van der Waals surface area contributed by atoms with Crippen molar-refractivity contribution in [2.45, 2.75) is 13.3 Å². The minimum atomic E-state index is 0.542. The molecule has 1 aromatic carbocycles. The Bertz CT molecular complexity index is 632. The Kier molecular flexibility index (Phi) is 4.08. The van der Waals surface area contributed by atoms with Crippen LogP contribution < -0.4 is 9.47 Å². The maximum Gasteiger partial charge on any atom is 0.161 e. The van der Waals surface area contributed by atoms with E-state index >= 15 is 0 Å². The van der Waals surface area contributed by atoms with Crippen LogP contribution in [-0.2, 0) is 13.5 Å². The van der Waals surface area contributed by atoms with Crippen LogP contribution in [0.5, 0.6) is 11.5 Å². The summed E-state index contributed by atoms with van der Waals surface area (Å²) in [5.74, 6) is 1.14. The summed E-state index contributed by atoms with van der Waals surface area (Å²) < 4.78 is 12.3. The molecular weight excluding hydrogens is 256 g/mol. The summed E-state index contributed by atoms with van der Waals surface area (Å²) in [6, 6.07) is 3.51. The van der Waals surface area contributed by atoms with E-state index in [1.54, 1.807) is 25.0 Å². The summed E-state index contributed by atoms with van der Waals surface area (Å²) in [4.78, 5) is 11.4. The molecule has 0 amide bonds. The number of methoxy groups -OCH3 is 2. The van der Waals surface area contributed by atoms with E-state index in [1.165, 1.54) is 0 Å². The maximum absolute atomic E-state index is 11.4. The van der Waals surface area contributed by atoms with Crippen LogP contribution in [0.25, 0.3) is 11.1 Å². The number of nitrogens with zero attached hydrogens (tertiary/aromatic N) is 2. The molecule has 0 unspecified atom stereocenters. The number of aryl methyl sites for hydroxylation is 2. The zero-order valence-electron chi connectivity index (χ0n) is 12.1. The maximum atomic E-state index is 11.4. The quantitative estimate of drug-likeness (QED) is 0.786. The van der Waals surface area contributed by atoms with Crippen molar-refractivity contribution in [2.24, 2.45) is 7.05 Å². The number of hydrogen-bond acceptors (Lipinski definition) is 4. The van der Waals surface area contributed by atoms with Gasteiger partial charge in [0.1, 0.15) is 0 Å². The molecular formula is C15H18N2O3. The second-order valence-corrected chi connectivity index (χ2v) is 4.43. The van der Waals surface area contributed by atoms with Crippen molar-refractivity contribution in [3.63, 3.8) is 0 Å². The van der Waals surface area contributed by atoms with Gasteiger partial charge in [0.15, 0.2) is 17.8 Å². The molecule has 1 aromatic heterocycles. The lowest BCUT2D eigenvalue weighted by Gasteiger charge is -2.12. The van der Waals surface area contributed by atoms with E-state index in [0.717, 1.165) is 29.5 Å². The lowest BCUT2D eigenvalue weighted by Crippen LogP contribution is -1.96. The van der Waals surface area contributed by atoms with E-state index in [1.807, 2.05) is 26.2 Å². The normalized spacial score (nSPS) is 10.4. The van der Waals surface area contributed by atoms with Gasteiger partial charge in [-0.05, 0) is 24.1 Å². The van der Waals surface area contributed by atoms with Gasteiger partial charge in [-0.25, -0.2) is 0 Å². The minimum Gasteiger partial charge on any atom is -0.493 e. The number of carbonyl (C=O) groups is 1. The summed E-state index contributed by atoms with van der Waals surface area (Å²) in [6.45, 7) is 2.03. The number of aromatic nitrogens is 2. The molecule has 1 heterocycles. The molecule has 0 aliphatic rings. The predicted octanol–water partition coefficient (Wildman–Crippen LogP) is 2.48. The highest BCUT2D eigenvalue weighted by Crippen LogP contribution is 2.36. The monoisotopic (exact) mass is 274 g/mol. The fraction of sp³-hybridized carbons (Fsp3) is 0.333. The molecule has 0 bridgehead atoms. The Morgan fingerprint density at radius 1 is 1.20 bits per heavy atom. The highest BCUT2D eigenvalue weighted by Gasteiger charge is 2.16. The van der Waals surface area contributed by atoms with Gasteiger partial charge in [0.05, 0.1) is 19.9 Å². The van der Waals surface area contributed by atoms with E-state index in [0.29, 0.717) is 17.1 Å². The van der Waals surface area contributed by atoms with Crippen molar-refractivity contribution >= 4 is 6.29 Å². The Morgan fingerprint density at radius 2 is 1.85 bits per heavy atom. The van der Waals surface area contributed by atoms with Gasteiger partial charge in [-0.2, -0.15) is 5.10 Å². The van der Waals surface area contributed by atoms with Gasteiger partial charge in [-0.15, -0.1) is 0 Å². The van der Waals surface area contributed by atoms with Gasteiger partial charge >= 0.3 is 0 Å². The molecule has 5 heteroatoms. The summed E-state index contributed by atoms with van der Waals surface area (Å²) in [5, 5.41) is 4.41. The number of aldehydes is 1. The van der Waals surface area contributed by atoms with Crippen LogP contribution in [0.3, 0.4) is 0 Å². The van der Waals surface area contributed by atoms with Gasteiger partial charge in [0.2, 0.25) is 0 Å². The van der Waals surface area contributed by atoms with Gasteiger partial charge in [-0.3, -0.25) is 9.48 Å². The van der Waals surface area contributed by atoms with Crippen LogP contribution in [0.1, 0.15) is 23.0 Å². The first kappa shape index (κ1) is 14.1. The Balaban J connectivity index is 2.68. The van der Waals surface area contributed by atoms with Gasteiger partial charge in [0.25, 0.3) is 0 Å². The largest absolute Gasteiger partial charge is 0.493 e. The van der Waals surface area contributed by atoms with E-state index in [9.17, 15) is 4.79 Å². The molecule has 2 rings (SSSR count). The van der Waals surface area contributed by atoms with Crippen molar-refractivity contribution < 1.29 is 14.3 Å². The molecule has 0 radical (unpaired) electrons. The number of rotatable bonds is 5. The predicted molar refractivity (Wildman–Crippen MR) is 76.5 cm³/mol. The second kappa shape index (κ2) is 5.77. The Labute approximate surface area is 118 Å². The van der Waals surface area contributed by atoms with Crippen LogP contribution in [0.4, 0.5) is 0 Å². The van der Waals surface area contributed by atoms with Crippen LogP contribution >= 0.6 is 0 Å². The smallest absolute Gasteiger partial charge is 0.161 e. The summed E-state index contributed by atoms with van der Waals surface area (Å²) >= 11 is 0. The van der Waals surface area contributed by atoms with E-state index < -0.39 is 0 Å². The third kappa shape index (κ3) is 2.39. The standard InChI is InChI=1S/C15H18N2O3/c1-5-13-12(8-17(2)16-13)11-7-15(20-4)14(19-3)6-10(11)9-18/h6-9H,5H2,1-4H3. The van der Waals surface area contributed by atoms with Crippen molar-refractivity contribution in [3.8, 4) is 22.6 Å². The molecule has 106 valence electrons. The number of benzene rings is 1. The molecule has 5 nitrogen and oxygen atoms in total. The van der Waals surface area contributed by atoms with Crippen molar-refractivity contribution in [3.05, 3.63) is 29.6 Å². The average molecular weight is 274 g/mol. The summed E-state index contributed by atoms with van der Waals surface area (Å²) in [5.41, 5.74) is 3.26. The Morgan fingerprint density at radius 3 is 2.40 bits per heavy atom. The van der Waals surface area contributed by atoms with Crippen LogP contribution in [0, 0.1) is 0 Å². The molecule has 0 spiro atoms. The molecule has 0 atom stereocenters. The zero-order valence-corrected chi connectivity index (χ0v) is 12.1. The van der Waals surface area contributed by atoms with Gasteiger partial charge < -0.3 is 9.47 Å². The highest BCUT2D eigenvalue weighted by atomic mass is 16.5. The molecule has 0 fully saturated rings. The van der Waals surface area contributed by atoms with Crippen LogP contribution in [-0.4, -0.2) is 30.3 Å². The topological polar surface area (TPSA) is 53.4 Å². The first-order chi connectivity index (χ1) is 9.64. The third-order valence-corrected chi connectivity index (χ3v) is 3.21. The molecule has 0 N–H and O–H groups in total. The van der Waals surface area contributed by atoms with E-state index in [4.69, 9.17) is 9.47 Å². The first-order valence-corrected chi connectivity index (χ1v) is 6.38. The molecule has 0 aliphatic heterocycles. The fourth-order valence-corrected chi connectivity index (χ4v) is 2.25. The molecule has 0 aliphatic carbocycles. The van der Waals surface area contributed by atoms with Crippen LogP contribution in [0.15, 0.2) is 18.3 Å². The van der Waals surface area contributed by atoms with E-state index in [2.05, 4.69) is 5.10 Å². The zero-order chi connectivity index (χ0) is 14.7. The van der Waals surface area contributed by atoms with Gasteiger partial charge in [0, 0.05) is 24.4 Å². The third-order valence-electron chi connectivity index (χ3n) is 3.21. The second-order valence-electron chi connectivity index (χ2n) is 4.43. The number of hydrogen-bond donors (Lipinski definition) is 0. The highest BCUT2D eigenvalue weighted by molar-refractivity contribution is 5.90. The van der Waals surface area contributed by atoms with Crippen LogP contribution in [0.2, 0.25) is 0 Å². The molecule has 0 saturated heterocycles. The fourth-order valence-electron chi connectivity index (χ4n) is 2.25. The van der Waals surface area contributed by atoms with Gasteiger partial charge in [-0.1, -0.05) is 6.92 Å². The van der Waals surface area contributed by atoms with Crippen molar-refractivity contribution in [1.82, 2.24) is 9.78 Å². The lowest BCUT2D eigenvalue weighted by atomic mass is 9.99.